The van der Waals surface area contributed by atoms with Crippen molar-refractivity contribution in [2.24, 2.45) is 5.92 Å². The maximum Gasteiger partial charge on any atom is 0.0173 e. The van der Waals surface area contributed by atoms with Crippen LogP contribution in [-0.4, -0.2) is 25.6 Å². The van der Waals surface area contributed by atoms with E-state index in [0.717, 1.165) is 6.54 Å². The van der Waals surface area contributed by atoms with Gasteiger partial charge in [-0.25, -0.2) is 0 Å². The molecular formula is C13H22N2. The smallest absolute Gasteiger partial charge is 0.0173 e. The van der Waals surface area contributed by atoms with E-state index in [-0.39, 0.29) is 0 Å². The van der Waals surface area contributed by atoms with Crippen LogP contribution in [0.15, 0.2) is 30.3 Å². The third-order valence-corrected chi connectivity index (χ3v) is 2.66. The van der Waals surface area contributed by atoms with Gasteiger partial charge in [-0.15, -0.1) is 0 Å². The molecule has 0 fully saturated rings. The molecule has 15 heavy (non-hydrogen) atoms. The summed E-state index contributed by atoms with van der Waals surface area (Å²) < 4.78 is 0. The number of hydrogen-bond acceptors (Lipinski definition) is 2. The molecule has 0 amide bonds. The lowest BCUT2D eigenvalue weighted by Crippen LogP contribution is -2.35. The first-order valence-corrected chi connectivity index (χ1v) is 5.57. The average Bonchev–Trinajstić information content (AvgIpc) is 2.18. The van der Waals surface area contributed by atoms with Gasteiger partial charge in [0.1, 0.15) is 0 Å². The second-order valence-electron chi connectivity index (χ2n) is 4.52. The molecule has 1 aromatic carbocycles. The molecule has 0 aliphatic carbocycles. The molecule has 0 heterocycles. The van der Waals surface area contributed by atoms with E-state index in [1.165, 1.54) is 5.56 Å². The number of nitrogens with one attached hydrogen (secondary N) is 1. The zero-order valence-corrected chi connectivity index (χ0v) is 10.2. The first-order chi connectivity index (χ1) is 7.11. The summed E-state index contributed by atoms with van der Waals surface area (Å²) in [5.74, 6) is 1.23. The SMILES string of the molecule is CC(C)C(CNN(C)C)c1ccccc1. The fraction of sp³-hybridized carbons (Fsp3) is 0.538. The molecule has 1 rings (SSSR count). The lowest BCUT2D eigenvalue weighted by atomic mass is 9.88. The van der Waals surface area contributed by atoms with Crippen LogP contribution < -0.4 is 5.43 Å². The predicted octanol–water partition coefficient (Wildman–Crippen LogP) is 2.49. The monoisotopic (exact) mass is 206 g/mol. The fourth-order valence-electron chi connectivity index (χ4n) is 1.72. The Morgan fingerprint density at radius 3 is 2.20 bits per heavy atom. The topological polar surface area (TPSA) is 15.3 Å². The number of benzene rings is 1. The van der Waals surface area contributed by atoms with Gasteiger partial charge >= 0.3 is 0 Å². The molecule has 0 saturated heterocycles. The molecule has 1 aromatic rings. The summed E-state index contributed by atoms with van der Waals surface area (Å²) in [5, 5.41) is 2.01. The van der Waals surface area contributed by atoms with Gasteiger partial charge in [0, 0.05) is 26.6 Å². The number of nitrogens with zero attached hydrogens (tertiary/aromatic N) is 1. The van der Waals surface area contributed by atoms with Crippen LogP contribution in [0.5, 0.6) is 0 Å². The standard InChI is InChI=1S/C13H22N2/c1-11(2)13(10-14-15(3)4)12-8-6-5-7-9-12/h5-9,11,13-14H,10H2,1-4H3. The van der Waals surface area contributed by atoms with Crippen molar-refractivity contribution in [3.05, 3.63) is 35.9 Å². The second-order valence-corrected chi connectivity index (χ2v) is 4.52. The van der Waals surface area contributed by atoms with E-state index >= 15 is 0 Å². The molecule has 0 aliphatic heterocycles. The van der Waals surface area contributed by atoms with Crippen molar-refractivity contribution in [2.75, 3.05) is 20.6 Å². The quantitative estimate of drug-likeness (QED) is 0.745. The van der Waals surface area contributed by atoms with Crippen LogP contribution >= 0.6 is 0 Å². The van der Waals surface area contributed by atoms with E-state index in [0.29, 0.717) is 11.8 Å². The molecule has 0 radical (unpaired) electrons. The highest BCUT2D eigenvalue weighted by atomic mass is 15.5. The van der Waals surface area contributed by atoms with Crippen LogP contribution in [0.2, 0.25) is 0 Å². The molecule has 0 aliphatic rings. The van der Waals surface area contributed by atoms with E-state index in [1.54, 1.807) is 0 Å². The minimum atomic E-state index is 0.577. The molecule has 0 aromatic heterocycles. The van der Waals surface area contributed by atoms with Crippen molar-refractivity contribution in [2.45, 2.75) is 19.8 Å². The van der Waals surface area contributed by atoms with Crippen molar-refractivity contribution >= 4 is 0 Å². The van der Waals surface area contributed by atoms with Gasteiger partial charge in [-0.1, -0.05) is 44.2 Å². The third kappa shape index (κ3) is 4.02. The van der Waals surface area contributed by atoms with Crippen LogP contribution in [-0.2, 0) is 0 Å². The summed E-state index contributed by atoms with van der Waals surface area (Å²) in [6.45, 7) is 5.54. The van der Waals surface area contributed by atoms with Crippen molar-refractivity contribution in [1.82, 2.24) is 10.4 Å². The Balaban J connectivity index is 2.66. The summed E-state index contributed by atoms with van der Waals surface area (Å²) in [7, 11) is 4.06. The normalized spacial score (nSPS) is 13.5. The average molecular weight is 206 g/mol. The molecule has 0 saturated carbocycles. The Bertz CT molecular complexity index is 267. The Morgan fingerprint density at radius 1 is 1.13 bits per heavy atom. The van der Waals surface area contributed by atoms with Gasteiger partial charge in [-0.05, 0) is 11.5 Å². The Morgan fingerprint density at radius 2 is 1.73 bits per heavy atom. The Kier molecular flexibility index (Phi) is 4.79. The molecule has 2 heteroatoms. The van der Waals surface area contributed by atoms with Gasteiger partial charge in [-0.2, -0.15) is 0 Å². The molecule has 0 bridgehead atoms. The first kappa shape index (κ1) is 12.2. The largest absolute Gasteiger partial charge is 0.255 e. The van der Waals surface area contributed by atoms with Gasteiger partial charge in [0.25, 0.3) is 0 Å². The summed E-state index contributed by atoms with van der Waals surface area (Å²) in [6.07, 6.45) is 0. The highest BCUT2D eigenvalue weighted by Crippen LogP contribution is 2.23. The molecule has 1 unspecified atom stereocenters. The van der Waals surface area contributed by atoms with Crippen molar-refractivity contribution in [3.8, 4) is 0 Å². The van der Waals surface area contributed by atoms with E-state index in [2.05, 4.69) is 49.6 Å². The molecular weight excluding hydrogens is 184 g/mol. The zero-order valence-electron chi connectivity index (χ0n) is 10.2. The summed E-state index contributed by atoms with van der Waals surface area (Å²) in [4.78, 5) is 0. The minimum Gasteiger partial charge on any atom is -0.255 e. The van der Waals surface area contributed by atoms with E-state index in [4.69, 9.17) is 0 Å². The maximum absolute atomic E-state index is 3.36. The summed E-state index contributed by atoms with van der Waals surface area (Å²) in [6, 6.07) is 10.7. The van der Waals surface area contributed by atoms with Crippen LogP contribution in [0, 0.1) is 5.92 Å². The zero-order chi connectivity index (χ0) is 11.3. The number of hydrogen-bond donors (Lipinski definition) is 1. The number of hydrazine groups is 1. The van der Waals surface area contributed by atoms with Crippen LogP contribution in [0.1, 0.15) is 25.3 Å². The number of rotatable bonds is 5. The van der Waals surface area contributed by atoms with Crippen molar-refractivity contribution < 1.29 is 0 Å². The summed E-state index contributed by atoms with van der Waals surface area (Å²) in [5.41, 5.74) is 4.78. The molecule has 2 nitrogen and oxygen atoms in total. The van der Waals surface area contributed by atoms with Gasteiger partial charge in [0.05, 0.1) is 0 Å². The molecule has 0 spiro atoms. The van der Waals surface area contributed by atoms with E-state index < -0.39 is 0 Å². The Hall–Kier alpha value is -0.860. The highest BCUT2D eigenvalue weighted by Gasteiger charge is 2.15. The van der Waals surface area contributed by atoms with E-state index in [1.807, 2.05) is 19.1 Å². The second kappa shape index (κ2) is 5.89. The van der Waals surface area contributed by atoms with E-state index in [9.17, 15) is 0 Å². The molecule has 1 N–H and O–H groups in total. The highest BCUT2D eigenvalue weighted by molar-refractivity contribution is 5.20. The maximum atomic E-state index is 3.36. The lowest BCUT2D eigenvalue weighted by Gasteiger charge is -2.24. The predicted molar refractivity (Wildman–Crippen MR) is 65.7 cm³/mol. The fourth-order valence-corrected chi connectivity index (χ4v) is 1.72. The van der Waals surface area contributed by atoms with Crippen LogP contribution in [0.4, 0.5) is 0 Å². The van der Waals surface area contributed by atoms with Gasteiger partial charge in [0.2, 0.25) is 0 Å². The van der Waals surface area contributed by atoms with Crippen molar-refractivity contribution in [1.29, 1.82) is 0 Å². The van der Waals surface area contributed by atoms with Crippen LogP contribution in [0.3, 0.4) is 0 Å². The van der Waals surface area contributed by atoms with Gasteiger partial charge in [0.15, 0.2) is 0 Å². The summed E-state index contributed by atoms with van der Waals surface area (Å²) >= 11 is 0. The molecule has 1 atom stereocenters. The first-order valence-electron chi connectivity index (χ1n) is 5.57. The van der Waals surface area contributed by atoms with Crippen molar-refractivity contribution in [3.63, 3.8) is 0 Å². The minimum absolute atomic E-state index is 0.577. The third-order valence-electron chi connectivity index (χ3n) is 2.66. The molecule has 84 valence electrons. The lowest BCUT2D eigenvalue weighted by molar-refractivity contribution is 0.265. The van der Waals surface area contributed by atoms with Gasteiger partial charge in [-0.3, -0.25) is 10.4 Å². The van der Waals surface area contributed by atoms with Crippen LogP contribution in [0.25, 0.3) is 0 Å². The van der Waals surface area contributed by atoms with Gasteiger partial charge < -0.3 is 0 Å². The Labute approximate surface area is 93.3 Å².